The van der Waals surface area contributed by atoms with Crippen LogP contribution in [0.2, 0.25) is 0 Å². The maximum absolute atomic E-state index is 13.4. The van der Waals surface area contributed by atoms with E-state index in [1.54, 1.807) is 29.2 Å². The number of likely N-dealkylation sites (tertiary alicyclic amines) is 1. The van der Waals surface area contributed by atoms with Crippen LogP contribution in [0.5, 0.6) is 0 Å². The quantitative estimate of drug-likeness (QED) is 0.452. The van der Waals surface area contributed by atoms with E-state index >= 15 is 0 Å². The topological polar surface area (TPSA) is 32.8 Å². The van der Waals surface area contributed by atoms with Gasteiger partial charge >= 0.3 is 6.09 Å². The van der Waals surface area contributed by atoms with Crippen LogP contribution in [0.3, 0.4) is 0 Å². The van der Waals surface area contributed by atoms with Gasteiger partial charge in [0.1, 0.15) is 11.6 Å². The zero-order valence-electron chi connectivity index (χ0n) is 19.7. The summed E-state index contributed by atoms with van der Waals surface area (Å²) in [5.74, 6) is -0.571. The molecule has 0 saturated carbocycles. The van der Waals surface area contributed by atoms with E-state index in [-0.39, 0.29) is 17.7 Å². The van der Waals surface area contributed by atoms with Gasteiger partial charge in [-0.2, -0.15) is 0 Å². The van der Waals surface area contributed by atoms with Gasteiger partial charge in [0.2, 0.25) is 0 Å². The molecule has 2 fully saturated rings. The van der Waals surface area contributed by atoms with Gasteiger partial charge in [0.15, 0.2) is 5.60 Å². The van der Waals surface area contributed by atoms with Crippen molar-refractivity contribution < 1.29 is 18.3 Å². The highest BCUT2D eigenvalue weighted by Crippen LogP contribution is 2.40. The zero-order chi connectivity index (χ0) is 24.1. The lowest BCUT2D eigenvalue weighted by Crippen LogP contribution is -2.45. The first-order valence-electron chi connectivity index (χ1n) is 12.1. The summed E-state index contributed by atoms with van der Waals surface area (Å²) < 4.78 is 32.7. The molecule has 2 aliphatic rings. The monoisotopic (exact) mass is 466 g/mol. The number of rotatable bonds is 8. The average molecular weight is 467 g/mol. The Morgan fingerprint density at radius 1 is 1.00 bits per heavy atom. The number of nitrogens with zero attached hydrogens (tertiary/aromatic N) is 2. The molecule has 4 rings (SSSR count). The first kappa shape index (κ1) is 24.1. The third-order valence-electron chi connectivity index (χ3n) is 6.86. The highest BCUT2D eigenvalue weighted by Gasteiger charge is 2.50. The minimum atomic E-state index is -0.565. The van der Waals surface area contributed by atoms with Gasteiger partial charge in [-0.15, -0.1) is 0 Å². The Morgan fingerprint density at radius 3 is 2.09 bits per heavy atom. The van der Waals surface area contributed by atoms with Gasteiger partial charge in [0.25, 0.3) is 0 Å². The second-order valence-electron chi connectivity index (χ2n) is 9.08. The SMILES string of the molecule is C=C1N(CCCC)C(=O)OC12CCN(CCC=C(c1ccc(F)cc1)c1ccc(F)cc1)CC2. The summed E-state index contributed by atoms with van der Waals surface area (Å²) in [6, 6.07) is 12.8. The predicted octanol–water partition coefficient (Wildman–Crippen LogP) is 6.39. The Morgan fingerprint density at radius 2 is 1.56 bits per heavy atom. The molecule has 0 aromatic heterocycles. The number of hydrogen-bond donors (Lipinski definition) is 0. The number of carbonyl (C=O) groups is 1. The van der Waals surface area contributed by atoms with E-state index < -0.39 is 5.60 Å². The molecular weight excluding hydrogens is 434 g/mol. The van der Waals surface area contributed by atoms with Crippen LogP contribution in [0.4, 0.5) is 13.6 Å². The molecule has 1 spiro atoms. The summed E-state index contributed by atoms with van der Waals surface area (Å²) in [6.07, 6.45) is 6.10. The normalized spacial score (nSPS) is 17.8. The molecule has 1 amide bonds. The Bertz CT molecular complexity index is 992. The number of ether oxygens (including phenoxy) is 1. The molecule has 2 saturated heterocycles. The Labute approximate surface area is 200 Å². The lowest BCUT2D eigenvalue weighted by atomic mass is 9.88. The van der Waals surface area contributed by atoms with Crippen LogP contribution in [-0.2, 0) is 4.74 Å². The third kappa shape index (κ3) is 5.22. The van der Waals surface area contributed by atoms with Crippen molar-refractivity contribution in [2.75, 3.05) is 26.2 Å². The number of unbranched alkanes of at least 4 members (excludes halogenated alkanes) is 1. The molecule has 180 valence electrons. The second-order valence-corrected chi connectivity index (χ2v) is 9.08. The highest BCUT2D eigenvalue weighted by molar-refractivity contribution is 5.79. The van der Waals surface area contributed by atoms with Crippen LogP contribution < -0.4 is 0 Å². The Balaban J connectivity index is 1.39. The van der Waals surface area contributed by atoms with Crippen LogP contribution in [0.15, 0.2) is 66.9 Å². The van der Waals surface area contributed by atoms with E-state index in [9.17, 15) is 13.6 Å². The first-order valence-corrected chi connectivity index (χ1v) is 12.1. The average Bonchev–Trinajstić information content (AvgIpc) is 3.07. The fourth-order valence-electron chi connectivity index (χ4n) is 4.76. The Hall–Kier alpha value is -2.99. The maximum Gasteiger partial charge on any atom is 0.415 e. The van der Waals surface area contributed by atoms with Crippen molar-refractivity contribution in [3.8, 4) is 0 Å². The lowest BCUT2D eigenvalue weighted by Gasteiger charge is -2.38. The molecule has 4 nitrogen and oxygen atoms in total. The van der Waals surface area contributed by atoms with E-state index in [0.717, 1.165) is 74.1 Å². The van der Waals surface area contributed by atoms with Crippen molar-refractivity contribution in [3.63, 3.8) is 0 Å². The van der Waals surface area contributed by atoms with Gasteiger partial charge in [-0.05, 0) is 53.8 Å². The van der Waals surface area contributed by atoms with Crippen molar-refractivity contribution in [3.05, 3.63) is 89.6 Å². The number of halogens is 2. The number of amides is 1. The fraction of sp³-hybridized carbons (Fsp3) is 0.393. The molecule has 0 unspecified atom stereocenters. The number of hydrogen-bond acceptors (Lipinski definition) is 3. The fourth-order valence-corrected chi connectivity index (χ4v) is 4.76. The van der Waals surface area contributed by atoms with Crippen LogP contribution in [-0.4, -0.2) is 47.7 Å². The van der Waals surface area contributed by atoms with Gasteiger partial charge in [-0.3, -0.25) is 4.90 Å². The van der Waals surface area contributed by atoms with Crippen LogP contribution in [0, 0.1) is 11.6 Å². The third-order valence-corrected chi connectivity index (χ3v) is 6.86. The van der Waals surface area contributed by atoms with Crippen molar-refractivity contribution in [1.82, 2.24) is 9.80 Å². The predicted molar refractivity (Wildman–Crippen MR) is 130 cm³/mol. The van der Waals surface area contributed by atoms with Crippen molar-refractivity contribution in [2.45, 2.75) is 44.6 Å². The summed E-state index contributed by atoms with van der Waals surface area (Å²) in [7, 11) is 0. The Kier molecular flexibility index (Phi) is 7.47. The summed E-state index contributed by atoms with van der Waals surface area (Å²) >= 11 is 0. The summed E-state index contributed by atoms with van der Waals surface area (Å²) in [6.45, 7) is 9.47. The molecule has 6 heteroatoms. The molecule has 34 heavy (non-hydrogen) atoms. The minimum absolute atomic E-state index is 0.266. The molecule has 0 atom stereocenters. The lowest BCUT2D eigenvalue weighted by molar-refractivity contribution is 0.0152. The van der Waals surface area contributed by atoms with Gasteiger partial charge in [-0.1, -0.05) is 50.3 Å². The van der Waals surface area contributed by atoms with Crippen LogP contribution >= 0.6 is 0 Å². The minimum Gasteiger partial charge on any atom is -0.436 e. The van der Waals surface area contributed by atoms with E-state index in [1.807, 2.05) is 0 Å². The standard InChI is InChI=1S/C28H32F2N2O2/c1-3-4-18-32-21(2)28(34-27(32)33)15-19-31(20-16-28)17-5-6-26(22-7-11-24(29)12-8-22)23-9-13-25(30)14-10-23/h6-14H,2-5,15-20H2,1H3. The smallest absolute Gasteiger partial charge is 0.415 e. The molecule has 0 N–H and O–H groups in total. The molecule has 2 aromatic rings. The molecule has 0 aliphatic carbocycles. The van der Waals surface area contributed by atoms with E-state index in [1.165, 1.54) is 24.3 Å². The second kappa shape index (κ2) is 10.5. The van der Waals surface area contributed by atoms with Crippen LogP contribution in [0.25, 0.3) is 5.57 Å². The number of carbonyl (C=O) groups excluding carboxylic acids is 1. The zero-order valence-corrected chi connectivity index (χ0v) is 19.7. The van der Waals surface area contributed by atoms with Gasteiger partial charge in [0, 0.05) is 39.0 Å². The largest absolute Gasteiger partial charge is 0.436 e. The van der Waals surface area contributed by atoms with Gasteiger partial charge in [0.05, 0.1) is 5.70 Å². The van der Waals surface area contributed by atoms with E-state index in [4.69, 9.17) is 4.74 Å². The molecule has 2 aliphatic heterocycles. The molecule has 0 radical (unpaired) electrons. The van der Waals surface area contributed by atoms with Crippen LogP contribution in [0.1, 0.15) is 50.2 Å². The van der Waals surface area contributed by atoms with E-state index in [0.29, 0.717) is 6.54 Å². The maximum atomic E-state index is 13.4. The summed E-state index contributed by atoms with van der Waals surface area (Å²) in [5, 5.41) is 0. The van der Waals surface area contributed by atoms with E-state index in [2.05, 4.69) is 24.5 Å². The summed E-state index contributed by atoms with van der Waals surface area (Å²) in [5.41, 5.74) is 2.99. The molecule has 0 bridgehead atoms. The van der Waals surface area contributed by atoms with Gasteiger partial charge in [-0.25, -0.2) is 13.6 Å². The number of piperidine rings is 1. The molecular formula is C28H32F2N2O2. The van der Waals surface area contributed by atoms with Crippen molar-refractivity contribution >= 4 is 11.7 Å². The molecule has 2 heterocycles. The molecule has 2 aromatic carbocycles. The van der Waals surface area contributed by atoms with Crippen molar-refractivity contribution in [1.29, 1.82) is 0 Å². The highest BCUT2D eigenvalue weighted by atomic mass is 19.1. The summed E-state index contributed by atoms with van der Waals surface area (Å²) in [4.78, 5) is 16.5. The van der Waals surface area contributed by atoms with Gasteiger partial charge < -0.3 is 9.64 Å². The first-order chi connectivity index (χ1) is 16.4. The number of benzene rings is 2. The van der Waals surface area contributed by atoms with Crippen molar-refractivity contribution in [2.24, 2.45) is 0 Å².